The van der Waals surface area contributed by atoms with Gasteiger partial charge in [-0.1, -0.05) is 97.2 Å². The summed E-state index contributed by atoms with van der Waals surface area (Å²) in [7, 11) is -0.245. The zero-order valence-electron chi connectivity index (χ0n) is 26.6. The van der Waals surface area contributed by atoms with Gasteiger partial charge in [0, 0.05) is 4.47 Å². The second-order valence-corrected chi connectivity index (χ2v) is 12.8. The molecule has 8 heteroatoms. The van der Waals surface area contributed by atoms with E-state index in [1.54, 1.807) is 12.1 Å². The Morgan fingerprint density at radius 1 is 0.636 bits per heavy atom. The standard InChI is InChI=1S/C15H23BO2.C15H16FN.C6H5BrFN/c1-6-7-12-8-10-13(11-9-12)16-17-14(2,3)15(4,5)18-16;1-2-3-11-4-6-12(7-5-11)13-8-9-15(17)14(16)10-13;7-4-1-2-6(9)5(8)3-4/h8-11H,6-7H2,1-5H3;4-10H,2-3,17H2,1H3;1-3H,9H2. The van der Waals surface area contributed by atoms with Gasteiger partial charge in [-0.25, -0.2) is 8.78 Å². The number of halogens is 3. The van der Waals surface area contributed by atoms with Crippen LogP contribution in [0.2, 0.25) is 0 Å². The highest BCUT2D eigenvalue weighted by Crippen LogP contribution is 2.36. The highest BCUT2D eigenvalue weighted by atomic mass is 79.9. The monoisotopic (exact) mass is 664 g/mol. The summed E-state index contributed by atoms with van der Waals surface area (Å²) >= 11 is 3.10. The maximum absolute atomic E-state index is 13.3. The molecule has 1 heterocycles. The molecule has 44 heavy (non-hydrogen) atoms. The first-order valence-corrected chi connectivity index (χ1v) is 15.8. The van der Waals surface area contributed by atoms with Crippen LogP contribution in [0.5, 0.6) is 0 Å². The lowest BCUT2D eigenvalue weighted by Crippen LogP contribution is -2.41. The molecule has 0 aromatic heterocycles. The fourth-order valence-electron chi connectivity index (χ4n) is 4.47. The van der Waals surface area contributed by atoms with Crippen LogP contribution in [0.4, 0.5) is 20.2 Å². The lowest BCUT2D eigenvalue weighted by atomic mass is 9.79. The van der Waals surface area contributed by atoms with Crippen LogP contribution in [-0.4, -0.2) is 18.3 Å². The Morgan fingerprint density at radius 2 is 1.07 bits per heavy atom. The molecule has 0 radical (unpaired) electrons. The largest absolute Gasteiger partial charge is 0.494 e. The van der Waals surface area contributed by atoms with E-state index in [1.165, 1.54) is 35.7 Å². The van der Waals surface area contributed by atoms with Crippen molar-refractivity contribution < 1.29 is 18.1 Å². The van der Waals surface area contributed by atoms with Crippen molar-refractivity contribution in [2.75, 3.05) is 11.5 Å². The summed E-state index contributed by atoms with van der Waals surface area (Å²) in [5.74, 6) is -0.746. The van der Waals surface area contributed by atoms with Crippen molar-refractivity contribution >= 4 is 39.9 Å². The van der Waals surface area contributed by atoms with Crippen LogP contribution in [0.1, 0.15) is 65.5 Å². The van der Waals surface area contributed by atoms with Crippen molar-refractivity contribution in [3.8, 4) is 11.1 Å². The molecule has 1 aliphatic rings. The van der Waals surface area contributed by atoms with E-state index in [4.69, 9.17) is 20.8 Å². The van der Waals surface area contributed by atoms with E-state index in [-0.39, 0.29) is 41.3 Å². The van der Waals surface area contributed by atoms with Gasteiger partial charge in [0.2, 0.25) is 0 Å². The van der Waals surface area contributed by atoms with Crippen molar-refractivity contribution in [1.82, 2.24) is 0 Å². The van der Waals surface area contributed by atoms with E-state index in [0.29, 0.717) is 4.47 Å². The molecule has 4 aromatic carbocycles. The fraction of sp³-hybridized carbons (Fsp3) is 0.333. The fourth-order valence-corrected chi connectivity index (χ4v) is 4.80. The molecular weight excluding hydrogens is 621 g/mol. The number of hydrogen-bond acceptors (Lipinski definition) is 4. The Kier molecular flexibility index (Phi) is 12.6. The number of aryl methyl sites for hydroxylation is 2. The van der Waals surface area contributed by atoms with Crippen LogP contribution in [0.3, 0.4) is 0 Å². The molecule has 0 amide bonds. The number of nitrogen functional groups attached to an aromatic ring is 2. The van der Waals surface area contributed by atoms with Crippen molar-refractivity contribution in [2.24, 2.45) is 0 Å². The molecule has 4 nitrogen and oxygen atoms in total. The van der Waals surface area contributed by atoms with E-state index in [1.807, 2.05) is 18.2 Å². The minimum absolute atomic E-state index is 0.179. The summed E-state index contributed by atoms with van der Waals surface area (Å²) in [5.41, 5.74) is 16.2. The van der Waals surface area contributed by atoms with Gasteiger partial charge >= 0.3 is 7.12 Å². The normalized spacial score (nSPS) is 14.7. The first-order valence-electron chi connectivity index (χ1n) is 15.1. The third kappa shape index (κ3) is 9.65. The Balaban J connectivity index is 0.000000190. The molecule has 0 spiro atoms. The summed E-state index contributed by atoms with van der Waals surface area (Å²) in [6.45, 7) is 12.7. The highest BCUT2D eigenvalue weighted by Gasteiger charge is 2.51. The molecule has 0 atom stereocenters. The van der Waals surface area contributed by atoms with E-state index >= 15 is 0 Å². The number of rotatable bonds is 6. The van der Waals surface area contributed by atoms with Crippen molar-refractivity contribution in [2.45, 2.75) is 78.4 Å². The third-order valence-electron chi connectivity index (χ3n) is 7.83. The van der Waals surface area contributed by atoms with Crippen LogP contribution in [0.25, 0.3) is 11.1 Å². The molecule has 4 N–H and O–H groups in total. The van der Waals surface area contributed by atoms with E-state index in [2.05, 4.69) is 93.9 Å². The molecule has 234 valence electrons. The zero-order valence-corrected chi connectivity index (χ0v) is 28.2. The Labute approximate surface area is 270 Å². The first kappa shape index (κ1) is 35.3. The van der Waals surface area contributed by atoms with Crippen molar-refractivity contribution in [3.05, 3.63) is 112 Å². The molecule has 1 fully saturated rings. The lowest BCUT2D eigenvalue weighted by molar-refractivity contribution is 0.00578. The van der Waals surface area contributed by atoms with Crippen LogP contribution in [-0.2, 0) is 22.2 Å². The minimum Gasteiger partial charge on any atom is -0.399 e. The van der Waals surface area contributed by atoms with Gasteiger partial charge in [0.25, 0.3) is 0 Å². The average Bonchev–Trinajstić information content (AvgIpc) is 3.20. The number of benzene rings is 4. The Hall–Kier alpha value is -3.20. The van der Waals surface area contributed by atoms with Crippen LogP contribution in [0, 0.1) is 11.6 Å². The predicted molar refractivity (Wildman–Crippen MR) is 185 cm³/mol. The maximum atomic E-state index is 13.3. The first-order chi connectivity index (χ1) is 20.8. The smallest absolute Gasteiger partial charge is 0.399 e. The number of anilines is 2. The van der Waals surface area contributed by atoms with Crippen LogP contribution >= 0.6 is 15.9 Å². The summed E-state index contributed by atoms with van der Waals surface area (Å²) in [4.78, 5) is 0. The molecule has 0 unspecified atom stereocenters. The molecule has 1 aliphatic heterocycles. The molecular formula is C36H44BBrF2N2O2. The topological polar surface area (TPSA) is 70.5 Å². The van der Waals surface area contributed by atoms with E-state index in [9.17, 15) is 8.78 Å². The summed E-state index contributed by atoms with van der Waals surface area (Å²) in [6.07, 6.45) is 4.52. The molecule has 4 aromatic rings. The molecule has 0 saturated carbocycles. The highest BCUT2D eigenvalue weighted by molar-refractivity contribution is 9.10. The Morgan fingerprint density at radius 3 is 1.50 bits per heavy atom. The van der Waals surface area contributed by atoms with E-state index < -0.39 is 0 Å². The van der Waals surface area contributed by atoms with Gasteiger partial charge in [-0.3, -0.25) is 0 Å². The third-order valence-corrected chi connectivity index (χ3v) is 8.33. The second kappa shape index (κ2) is 15.7. The number of hydrogen-bond donors (Lipinski definition) is 2. The number of nitrogens with two attached hydrogens (primary N) is 2. The van der Waals surface area contributed by atoms with Gasteiger partial charge in [-0.15, -0.1) is 0 Å². The lowest BCUT2D eigenvalue weighted by Gasteiger charge is -2.32. The SMILES string of the molecule is CCCc1ccc(-c2ccc(N)c(F)c2)cc1.CCCc1ccc(B2OC(C)(C)C(C)(C)O2)cc1.Nc1ccc(Br)cc1F. The summed E-state index contributed by atoms with van der Waals surface area (Å²) < 4.78 is 38.5. The van der Waals surface area contributed by atoms with Gasteiger partial charge < -0.3 is 20.8 Å². The quantitative estimate of drug-likeness (QED) is 0.159. The Bertz CT molecular complexity index is 1480. The minimum atomic E-state index is -0.385. The van der Waals surface area contributed by atoms with Crippen molar-refractivity contribution in [3.63, 3.8) is 0 Å². The van der Waals surface area contributed by atoms with Crippen LogP contribution in [0.15, 0.2) is 89.4 Å². The molecule has 5 rings (SSSR count). The van der Waals surface area contributed by atoms with Crippen molar-refractivity contribution in [1.29, 1.82) is 0 Å². The molecule has 1 saturated heterocycles. The molecule has 0 bridgehead atoms. The van der Waals surface area contributed by atoms with Gasteiger partial charge in [0.05, 0.1) is 22.6 Å². The van der Waals surface area contributed by atoms with E-state index in [0.717, 1.165) is 35.9 Å². The summed E-state index contributed by atoms with van der Waals surface area (Å²) in [6, 6.07) is 26.3. The van der Waals surface area contributed by atoms with Gasteiger partial charge in [0.1, 0.15) is 11.6 Å². The molecule has 0 aliphatic carbocycles. The second-order valence-electron chi connectivity index (χ2n) is 11.9. The maximum Gasteiger partial charge on any atom is 0.494 e. The zero-order chi connectivity index (χ0) is 32.5. The predicted octanol–water partition coefficient (Wildman–Crippen LogP) is 9.14. The summed E-state index contributed by atoms with van der Waals surface area (Å²) in [5, 5.41) is 0. The van der Waals surface area contributed by atoms with Gasteiger partial charge in [-0.2, -0.15) is 0 Å². The van der Waals surface area contributed by atoms with Gasteiger partial charge in [-0.05, 0) is 98.6 Å². The van der Waals surface area contributed by atoms with Crippen LogP contribution < -0.4 is 16.9 Å². The average molecular weight is 665 g/mol. The van der Waals surface area contributed by atoms with Gasteiger partial charge in [0.15, 0.2) is 0 Å².